The lowest BCUT2D eigenvalue weighted by Crippen LogP contribution is -2.46. The minimum absolute atomic E-state index is 0.00233. The molecule has 0 bridgehead atoms. The molecular weight excluding hydrogens is 488 g/mol. The number of hydrogen-bond donors (Lipinski definition) is 4. The van der Waals surface area contributed by atoms with E-state index in [2.05, 4.69) is 39.4 Å². The predicted molar refractivity (Wildman–Crippen MR) is 135 cm³/mol. The number of thiazole rings is 1. The van der Waals surface area contributed by atoms with Gasteiger partial charge >= 0.3 is 6.09 Å². The van der Waals surface area contributed by atoms with Crippen molar-refractivity contribution in [1.82, 2.24) is 26.3 Å². The molecule has 36 heavy (non-hydrogen) atoms. The predicted octanol–water partition coefficient (Wildman–Crippen LogP) is 1.27. The van der Waals surface area contributed by atoms with Crippen LogP contribution in [0.15, 0.2) is 29.9 Å². The summed E-state index contributed by atoms with van der Waals surface area (Å²) in [4.78, 5) is 55.0. The van der Waals surface area contributed by atoms with Crippen LogP contribution in [0.25, 0.3) is 0 Å². The van der Waals surface area contributed by atoms with Crippen molar-refractivity contribution in [3.63, 3.8) is 0 Å². The van der Waals surface area contributed by atoms with Gasteiger partial charge in [-0.05, 0) is 33.6 Å². The number of nitrogens with zero attached hydrogens (tertiary/aromatic N) is 2. The monoisotopic (exact) mass is 522 g/mol. The number of rotatable bonds is 10. The van der Waals surface area contributed by atoms with Gasteiger partial charge in [-0.2, -0.15) is 0 Å². The Labute approximate surface area is 214 Å². The van der Waals surface area contributed by atoms with E-state index in [0.717, 1.165) is 0 Å². The lowest BCUT2D eigenvalue weighted by atomic mass is 10.1. The Hall–Kier alpha value is -3.45. The molecule has 2 rings (SSSR count). The molecule has 1 aliphatic heterocycles. The number of anilines is 1. The summed E-state index contributed by atoms with van der Waals surface area (Å²) in [5, 5.41) is 12.3. The van der Waals surface area contributed by atoms with Gasteiger partial charge in [0.15, 0.2) is 5.13 Å². The van der Waals surface area contributed by atoms with Gasteiger partial charge in [0.25, 0.3) is 17.7 Å². The molecule has 1 aromatic heterocycles. The van der Waals surface area contributed by atoms with Gasteiger partial charge in [-0.1, -0.05) is 13.2 Å². The second-order valence-corrected chi connectivity index (χ2v) is 9.87. The van der Waals surface area contributed by atoms with Crippen molar-refractivity contribution in [1.29, 1.82) is 0 Å². The Bertz CT molecular complexity index is 993. The molecule has 0 atom stereocenters. The number of carbonyl (C=O) groups excluding carboxylic acids is 4. The van der Waals surface area contributed by atoms with Crippen molar-refractivity contribution in [2.75, 3.05) is 38.3 Å². The van der Waals surface area contributed by atoms with Crippen LogP contribution in [-0.2, 0) is 19.1 Å². The summed E-state index contributed by atoms with van der Waals surface area (Å²) in [5.41, 5.74) is -0.864. The highest BCUT2D eigenvalue weighted by atomic mass is 32.1. The van der Waals surface area contributed by atoms with Crippen molar-refractivity contribution in [2.24, 2.45) is 0 Å². The summed E-state index contributed by atoms with van der Waals surface area (Å²) in [6.45, 7) is 14.4. The maximum Gasteiger partial charge on any atom is 0.407 e. The largest absolute Gasteiger partial charge is 0.444 e. The molecule has 0 spiro atoms. The third kappa shape index (κ3) is 9.30. The molecule has 0 saturated carbocycles. The summed E-state index contributed by atoms with van der Waals surface area (Å²) >= 11 is 1.30. The summed E-state index contributed by atoms with van der Waals surface area (Å²) in [6.07, 6.45) is 0.981. The summed E-state index contributed by atoms with van der Waals surface area (Å²) in [7, 11) is 1.50. The van der Waals surface area contributed by atoms with Crippen molar-refractivity contribution < 1.29 is 28.7 Å². The van der Waals surface area contributed by atoms with Crippen molar-refractivity contribution in [3.8, 4) is 0 Å². The van der Waals surface area contributed by atoms with Gasteiger partial charge in [0.2, 0.25) is 0 Å². The second kappa shape index (κ2) is 13.0. The maximum absolute atomic E-state index is 12.5. The Morgan fingerprint density at radius 2 is 1.75 bits per heavy atom. The highest BCUT2D eigenvalue weighted by Gasteiger charge is 2.25. The molecule has 2 heterocycles. The molecule has 12 nitrogen and oxygen atoms in total. The van der Waals surface area contributed by atoms with Crippen LogP contribution in [-0.4, -0.2) is 73.8 Å². The van der Waals surface area contributed by atoms with E-state index < -0.39 is 29.4 Å². The second-order valence-electron chi connectivity index (χ2n) is 9.04. The molecule has 198 valence electrons. The lowest BCUT2D eigenvalue weighted by Gasteiger charge is -2.32. The number of piperidine rings is 1. The molecule has 0 aromatic carbocycles. The van der Waals surface area contributed by atoms with Crippen LogP contribution < -0.4 is 26.2 Å². The Balaban J connectivity index is 1.81. The minimum atomic E-state index is -0.773. The van der Waals surface area contributed by atoms with Crippen molar-refractivity contribution >= 4 is 40.3 Å². The standard InChI is InChI=1S/C23H34N6O6S/c1-14(18(30)24-9-12-34-6)25-19(31)15(2)26-20(32)17-13-36-21(28-17)29-10-7-16(8-11-29)27-22(33)35-23(3,4)5/h13,16H,1-2,7-12H2,3-6H3,(H,24,30)(H,25,31)(H,26,32)(H,27,33). The number of hydrogen-bond acceptors (Lipinski definition) is 9. The van der Waals surface area contributed by atoms with E-state index >= 15 is 0 Å². The zero-order valence-electron chi connectivity index (χ0n) is 21.1. The molecular formula is C23H34N6O6S. The Morgan fingerprint density at radius 3 is 2.36 bits per heavy atom. The maximum atomic E-state index is 12.5. The normalized spacial score (nSPS) is 13.9. The number of nitrogens with one attached hydrogen (secondary N) is 4. The number of methoxy groups -OCH3 is 1. The molecule has 13 heteroatoms. The van der Waals surface area contributed by atoms with E-state index in [1.165, 1.54) is 18.4 Å². The highest BCUT2D eigenvalue weighted by molar-refractivity contribution is 7.13. The first-order chi connectivity index (χ1) is 16.9. The fourth-order valence-corrected chi connectivity index (χ4v) is 3.96. The SMILES string of the molecule is C=C(NC(=O)C(=C)NC(=O)c1csc(N2CCC(NC(=O)OC(C)(C)C)CC2)n1)C(=O)NCCOC. The Morgan fingerprint density at radius 1 is 1.11 bits per heavy atom. The number of alkyl carbamates (subject to hydrolysis) is 1. The van der Waals surface area contributed by atoms with Crippen LogP contribution in [0.5, 0.6) is 0 Å². The van der Waals surface area contributed by atoms with Gasteiger partial charge in [0, 0.05) is 38.2 Å². The van der Waals surface area contributed by atoms with Crippen LogP contribution >= 0.6 is 11.3 Å². The summed E-state index contributed by atoms with van der Waals surface area (Å²) < 4.78 is 10.1. The van der Waals surface area contributed by atoms with E-state index in [9.17, 15) is 19.2 Å². The van der Waals surface area contributed by atoms with E-state index in [1.807, 2.05) is 25.7 Å². The smallest absolute Gasteiger partial charge is 0.407 e. The van der Waals surface area contributed by atoms with Crippen LogP contribution in [0.2, 0.25) is 0 Å². The minimum Gasteiger partial charge on any atom is -0.444 e. The fourth-order valence-electron chi connectivity index (χ4n) is 3.10. The van der Waals surface area contributed by atoms with E-state index in [4.69, 9.17) is 9.47 Å². The fraction of sp³-hybridized carbons (Fsp3) is 0.522. The zero-order valence-corrected chi connectivity index (χ0v) is 21.9. The van der Waals surface area contributed by atoms with E-state index in [1.54, 1.807) is 5.38 Å². The molecule has 4 amide bonds. The molecule has 1 fully saturated rings. The molecule has 1 saturated heterocycles. The van der Waals surface area contributed by atoms with Crippen LogP contribution in [0, 0.1) is 0 Å². The molecule has 0 aliphatic carbocycles. The average molecular weight is 523 g/mol. The lowest BCUT2D eigenvalue weighted by molar-refractivity contribution is -0.121. The van der Waals surface area contributed by atoms with Gasteiger partial charge in [0.1, 0.15) is 11.3 Å². The quantitative estimate of drug-likeness (QED) is 0.265. The molecule has 1 aromatic rings. The van der Waals surface area contributed by atoms with Gasteiger partial charge in [-0.3, -0.25) is 14.4 Å². The summed E-state index contributed by atoms with van der Waals surface area (Å²) in [6, 6.07) is -0.00233. The van der Waals surface area contributed by atoms with Crippen LogP contribution in [0.4, 0.5) is 9.93 Å². The first-order valence-corrected chi connectivity index (χ1v) is 12.2. The molecule has 0 radical (unpaired) electrons. The number of ether oxygens (including phenoxy) is 2. The van der Waals surface area contributed by atoms with Crippen LogP contribution in [0.3, 0.4) is 0 Å². The molecule has 0 unspecified atom stereocenters. The molecule has 4 N–H and O–H groups in total. The zero-order chi connectivity index (χ0) is 26.9. The highest BCUT2D eigenvalue weighted by Crippen LogP contribution is 2.24. The number of aromatic nitrogens is 1. The van der Waals surface area contributed by atoms with Crippen molar-refractivity contribution in [2.45, 2.75) is 45.3 Å². The Kier molecular flexibility index (Phi) is 10.4. The van der Waals surface area contributed by atoms with Crippen LogP contribution in [0.1, 0.15) is 44.1 Å². The summed E-state index contributed by atoms with van der Waals surface area (Å²) in [5.74, 6) is -1.95. The third-order valence-electron chi connectivity index (χ3n) is 4.88. The van der Waals surface area contributed by atoms with Gasteiger partial charge < -0.3 is 35.6 Å². The van der Waals surface area contributed by atoms with Gasteiger partial charge in [-0.25, -0.2) is 9.78 Å². The van der Waals surface area contributed by atoms with Gasteiger partial charge in [0.05, 0.1) is 18.0 Å². The first kappa shape index (κ1) is 28.8. The average Bonchev–Trinajstić information content (AvgIpc) is 3.28. The van der Waals surface area contributed by atoms with E-state index in [0.29, 0.717) is 37.7 Å². The third-order valence-corrected chi connectivity index (χ3v) is 5.78. The first-order valence-electron chi connectivity index (χ1n) is 11.4. The van der Waals surface area contributed by atoms with Crippen molar-refractivity contribution in [3.05, 3.63) is 35.6 Å². The van der Waals surface area contributed by atoms with E-state index in [-0.39, 0.29) is 29.7 Å². The van der Waals surface area contributed by atoms with Gasteiger partial charge in [-0.15, -0.1) is 11.3 Å². The topological polar surface area (TPSA) is 151 Å². The molecule has 1 aliphatic rings. The number of amides is 4. The number of carbonyl (C=O) groups is 4.